The summed E-state index contributed by atoms with van der Waals surface area (Å²) in [6, 6.07) is 18.5. The second-order valence-electron chi connectivity index (χ2n) is 6.48. The SMILES string of the molecule is O[C@H]1C(OCc2ccccc2)[C@H](O)[C@@H](O)C(OCc2ccccc2)[C@@H]1O. The minimum atomic E-state index is -1.38. The Morgan fingerprint density at radius 1 is 0.538 bits per heavy atom. The lowest BCUT2D eigenvalue weighted by atomic mass is 9.84. The molecule has 0 radical (unpaired) electrons. The zero-order valence-electron chi connectivity index (χ0n) is 14.3. The van der Waals surface area contributed by atoms with Crippen molar-refractivity contribution in [2.45, 2.75) is 49.8 Å². The molecule has 2 aromatic carbocycles. The topological polar surface area (TPSA) is 99.4 Å². The molecule has 0 aliphatic heterocycles. The largest absolute Gasteiger partial charge is 0.387 e. The van der Waals surface area contributed by atoms with Crippen LogP contribution in [0.3, 0.4) is 0 Å². The van der Waals surface area contributed by atoms with Crippen LogP contribution >= 0.6 is 0 Å². The van der Waals surface area contributed by atoms with Gasteiger partial charge in [-0.15, -0.1) is 0 Å². The van der Waals surface area contributed by atoms with Gasteiger partial charge in [0.05, 0.1) is 13.2 Å². The van der Waals surface area contributed by atoms with E-state index in [9.17, 15) is 20.4 Å². The smallest absolute Gasteiger partial charge is 0.115 e. The Labute approximate surface area is 152 Å². The minimum absolute atomic E-state index is 0.147. The molecule has 4 atom stereocenters. The van der Waals surface area contributed by atoms with Crippen LogP contribution in [0, 0.1) is 0 Å². The number of rotatable bonds is 6. The van der Waals surface area contributed by atoms with E-state index in [2.05, 4.69) is 0 Å². The first-order valence-corrected chi connectivity index (χ1v) is 8.61. The zero-order valence-corrected chi connectivity index (χ0v) is 14.3. The fraction of sp³-hybridized carbons (Fsp3) is 0.400. The van der Waals surface area contributed by atoms with Crippen molar-refractivity contribution >= 4 is 0 Å². The van der Waals surface area contributed by atoms with Gasteiger partial charge in [0.1, 0.15) is 36.6 Å². The second-order valence-corrected chi connectivity index (χ2v) is 6.48. The van der Waals surface area contributed by atoms with Gasteiger partial charge in [-0.3, -0.25) is 0 Å². The Morgan fingerprint density at radius 2 is 0.846 bits per heavy atom. The summed E-state index contributed by atoms with van der Waals surface area (Å²) in [7, 11) is 0. The summed E-state index contributed by atoms with van der Waals surface area (Å²) in [5.74, 6) is 0. The average Bonchev–Trinajstić information content (AvgIpc) is 2.68. The molecule has 0 unspecified atom stereocenters. The quantitative estimate of drug-likeness (QED) is 0.603. The molecular formula is C20H24O6. The molecule has 0 bridgehead atoms. The summed E-state index contributed by atoms with van der Waals surface area (Å²) < 4.78 is 11.1. The molecule has 0 amide bonds. The molecule has 140 valence electrons. The van der Waals surface area contributed by atoms with Crippen molar-refractivity contribution in [1.29, 1.82) is 0 Å². The number of aliphatic hydroxyl groups excluding tert-OH is 4. The third-order valence-corrected chi connectivity index (χ3v) is 4.62. The van der Waals surface area contributed by atoms with Gasteiger partial charge in [-0.2, -0.15) is 0 Å². The van der Waals surface area contributed by atoms with E-state index in [0.717, 1.165) is 11.1 Å². The first-order valence-electron chi connectivity index (χ1n) is 8.61. The van der Waals surface area contributed by atoms with Crippen LogP contribution in [0.4, 0.5) is 0 Å². The van der Waals surface area contributed by atoms with Gasteiger partial charge in [-0.1, -0.05) is 60.7 Å². The highest BCUT2D eigenvalue weighted by molar-refractivity contribution is 5.15. The van der Waals surface area contributed by atoms with E-state index < -0.39 is 36.6 Å². The lowest BCUT2D eigenvalue weighted by Gasteiger charge is -2.43. The predicted octanol–water partition coefficient (Wildman–Crippen LogP) is 0.614. The Kier molecular flexibility index (Phi) is 6.37. The number of aliphatic hydroxyl groups is 4. The number of ether oxygens (including phenoxy) is 2. The van der Waals surface area contributed by atoms with Crippen LogP contribution in [0.1, 0.15) is 11.1 Å². The molecule has 3 rings (SSSR count). The lowest BCUT2D eigenvalue weighted by Crippen LogP contribution is -2.64. The van der Waals surface area contributed by atoms with Crippen molar-refractivity contribution in [2.24, 2.45) is 0 Å². The molecule has 1 saturated carbocycles. The van der Waals surface area contributed by atoms with E-state index in [1.165, 1.54) is 0 Å². The van der Waals surface area contributed by atoms with E-state index in [1.54, 1.807) is 0 Å². The summed E-state index contributed by atoms with van der Waals surface area (Å²) in [4.78, 5) is 0. The minimum Gasteiger partial charge on any atom is -0.387 e. The van der Waals surface area contributed by atoms with Crippen LogP contribution in [0.25, 0.3) is 0 Å². The summed E-state index contributed by atoms with van der Waals surface area (Å²) in [6.45, 7) is 0.295. The van der Waals surface area contributed by atoms with Crippen molar-refractivity contribution in [3.63, 3.8) is 0 Å². The van der Waals surface area contributed by atoms with Crippen molar-refractivity contribution in [1.82, 2.24) is 0 Å². The first kappa shape index (κ1) is 19.0. The molecule has 1 aliphatic rings. The van der Waals surface area contributed by atoms with Gasteiger partial charge in [0.15, 0.2) is 0 Å². The van der Waals surface area contributed by atoms with Gasteiger partial charge >= 0.3 is 0 Å². The van der Waals surface area contributed by atoms with Gasteiger partial charge in [0, 0.05) is 0 Å². The predicted molar refractivity (Wildman–Crippen MR) is 94.1 cm³/mol. The second kappa shape index (κ2) is 8.73. The molecule has 0 heterocycles. The highest BCUT2D eigenvalue weighted by atomic mass is 16.5. The Bertz CT molecular complexity index is 589. The molecule has 4 N–H and O–H groups in total. The maximum atomic E-state index is 10.3. The summed E-state index contributed by atoms with van der Waals surface area (Å²) in [5.41, 5.74) is 1.72. The van der Waals surface area contributed by atoms with E-state index in [1.807, 2.05) is 60.7 Å². The lowest BCUT2D eigenvalue weighted by molar-refractivity contribution is -0.250. The van der Waals surface area contributed by atoms with E-state index >= 15 is 0 Å². The van der Waals surface area contributed by atoms with Gasteiger partial charge in [0.2, 0.25) is 0 Å². The molecule has 1 fully saturated rings. The summed E-state index contributed by atoms with van der Waals surface area (Å²) in [6.07, 6.45) is -7.74. The van der Waals surface area contributed by atoms with Gasteiger partial charge in [-0.05, 0) is 11.1 Å². The molecule has 6 nitrogen and oxygen atoms in total. The van der Waals surface area contributed by atoms with Gasteiger partial charge in [-0.25, -0.2) is 0 Å². The molecule has 26 heavy (non-hydrogen) atoms. The monoisotopic (exact) mass is 360 g/mol. The number of benzene rings is 2. The zero-order chi connectivity index (χ0) is 18.5. The fourth-order valence-corrected chi connectivity index (χ4v) is 3.11. The van der Waals surface area contributed by atoms with E-state index in [4.69, 9.17) is 9.47 Å². The third-order valence-electron chi connectivity index (χ3n) is 4.62. The van der Waals surface area contributed by atoms with Crippen molar-refractivity contribution in [2.75, 3.05) is 0 Å². The van der Waals surface area contributed by atoms with Crippen LogP contribution < -0.4 is 0 Å². The van der Waals surface area contributed by atoms with Crippen LogP contribution in [0.5, 0.6) is 0 Å². The summed E-state index contributed by atoms with van der Waals surface area (Å²) in [5, 5.41) is 41.4. The number of hydrogen-bond acceptors (Lipinski definition) is 6. The maximum Gasteiger partial charge on any atom is 0.115 e. The summed E-state index contributed by atoms with van der Waals surface area (Å²) >= 11 is 0. The fourth-order valence-electron chi connectivity index (χ4n) is 3.11. The molecular weight excluding hydrogens is 336 g/mol. The Balaban J connectivity index is 1.62. The van der Waals surface area contributed by atoms with Crippen LogP contribution in [0.2, 0.25) is 0 Å². The highest BCUT2D eigenvalue weighted by Crippen LogP contribution is 2.27. The first-order chi connectivity index (χ1) is 12.6. The van der Waals surface area contributed by atoms with E-state index in [-0.39, 0.29) is 13.2 Å². The Morgan fingerprint density at radius 3 is 1.15 bits per heavy atom. The molecule has 6 heteroatoms. The van der Waals surface area contributed by atoms with E-state index in [0.29, 0.717) is 0 Å². The molecule has 2 aromatic rings. The van der Waals surface area contributed by atoms with Gasteiger partial charge in [0.25, 0.3) is 0 Å². The van der Waals surface area contributed by atoms with Crippen molar-refractivity contribution < 1.29 is 29.9 Å². The molecule has 0 aromatic heterocycles. The average molecular weight is 360 g/mol. The molecule has 0 saturated heterocycles. The third kappa shape index (κ3) is 4.29. The van der Waals surface area contributed by atoms with Crippen LogP contribution in [0.15, 0.2) is 60.7 Å². The van der Waals surface area contributed by atoms with Crippen LogP contribution in [-0.2, 0) is 22.7 Å². The number of hydrogen-bond donors (Lipinski definition) is 4. The van der Waals surface area contributed by atoms with Crippen molar-refractivity contribution in [3.05, 3.63) is 71.8 Å². The highest BCUT2D eigenvalue weighted by Gasteiger charge is 2.50. The maximum absolute atomic E-state index is 10.3. The molecule has 0 spiro atoms. The van der Waals surface area contributed by atoms with Crippen molar-refractivity contribution in [3.8, 4) is 0 Å². The molecule has 1 aliphatic carbocycles. The Hall–Kier alpha value is -1.80. The van der Waals surface area contributed by atoms with Crippen LogP contribution in [-0.4, -0.2) is 57.0 Å². The normalized spacial score (nSPS) is 31.7. The van der Waals surface area contributed by atoms with Gasteiger partial charge < -0.3 is 29.9 Å². The standard InChI is InChI=1S/C20H24O6/c21-15-17(23)20(26-12-14-9-5-2-6-10-14)18(24)16(22)19(15)25-11-13-7-3-1-4-8-13/h1-10,15-24H,11-12H2/t15-,16-,17-,18-,19?,20?/m1/s1.